The third-order valence-corrected chi connectivity index (χ3v) is 3.33. The normalized spacial score (nSPS) is 13.7. The molecular weight excluding hydrogens is 261 g/mol. The fourth-order valence-corrected chi connectivity index (χ4v) is 1.81. The summed E-state index contributed by atoms with van der Waals surface area (Å²) in [6.07, 6.45) is 1.16. The first-order chi connectivity index (χ1) is 9.40. The van der Waals surface area contributed by atoms with Crippen LogP contribution in [0.1, 0.15) is 32.3 Å². The molecule has 1 amide bonds. The minimum Gasteiger partial charge on any atom is -0.481 e. The van der Waals surface area contributed by atoms with Crippen LogP contribution in [0, 0.1) is 12.7 Å². The molecule has 0 bridgehead atoms. The molecule has 112 valence electrons. The lowest BCUT2D eigenvalue weighted by Gasteiger charge is -2.28. The van der Waals surface area contributed by atoms with Gasteiger partial charge in [0, 0.05) is 12.1 Å². The molecule has 0 aliphatic rings. The van der Waals surface area contributed by atoms with Crippen molar-refractivity contribution in [3.05, 3.63) is 29.6 Å². The molecule has 1 atom stereocenters. The highest BCUT2D eigenvalue weighted by molar-refractivity contribution is 5.78. The van der Waals surface area contributed by atoms with Crippen LogP contribution in [0.3, 0.4) is 0 Å². The summed E-state index contributed by atoms with van der Waals surface area (Å²) in [4.78, 5) is 11.8. The third-order valence-electron chi connectivity index (χ3n) is 3.33. The van der Waals surface area contributed by atoms with Gasteiger partial charge in [0.15, 0.2) is 18.2 Å². The van der Waals surface area contributed by atoms with Crippen LogP contribution in [0.2, 0.25) is 0 Å². The number of carbonyl (C=O) groups excluding carboxylic acids is 1. The zero-order valence-corrected chi connectivity index (χ0v) is 12.2. The average Bonchev–Trinajstić information content (AvgIpc) is 2.40. The molecule has 0 radical (unpaired) electrons. The van der Waals surface area contributed by atoms with Crippen molar-refractivity contribution >= 4 is 5.91 Å². The topological polar surface area (TPSA) is 58.6 Å². The Kier molecular flexibility index (Phi) is 5.95. The minimum absolute atomic E-state index is 0.00200. The first-order valence-corrected chi connectivity index (χ1v) is 6.71. The molecule has 1 rings (SSSR count). The standard InChI is InChI=1S/C15H22FNO3/c1-4-15(3,7-8-18)17-14(19)10-20-13-9-11(2)5-6-12(13)16/h5-6,9,18H,4,7-8,10H2,1-3H3,(H,17,19). The van der Waals surface area contributed by atoms with E-state index in [1.54, 1.807) is 12.1 Å². The third kappa shape index (κ3) is 4.81. The van der Waals surface area contributed by atoms with Crippen molar-refractivity contribution in [1.82, 2.24) is 5.32 Å². The fraction of sp³-hybridized carbons (Fsp3) is 0.533. The summed E-state index contributed by atoms with van der Waals surface area (Å²) in [5.41, 5.74) is 0.390. The number of hydrogen-bond donors (Lipinski definition) is 2. The van der Waals surface area contributed by atoms with Gasteiger partial charge in [0.05, 0.1) is 0 Å². The van der Waals surface area contributed by atoms with E-state index in [9.17, 15) is 9.18 Å². The molecule has 2 N–H and O–H groups in total. The van der Waals surface area contributed by atoms with E-state index in [4.69, 9.17) is 9.84 Å². The molecule has 0 saturated heterocycles. The van der Waals surface area contributed by atoms with Crippen LogP contribution in [-0.2, 0) is 4.79 Å². The number of benzene rings is 1. The maximum absolute atomic E-state index is 13.5. The number of nitrogens with one attached hydrogen (secondary N) is 1. The Balaban J connectivity index is 2.57. The number of amides is 1. The van der Waals surface area contributed by atoms with Crippen LogP contribution in [0.25, 0.3) is 0 Å². The maximum Gasteiger partial charge on any atom is 0.258 e. The second-order valence-electron chi connectivity index (χ2n) is 5.16. The number of aliphatic hydroxyl groups is 1. The lowest BCUT2D eigenvalue weighted by molar-refractivity contribution is -0.125. The Hall–Kier alpha value is -1.62. The fourth-order valence-electron chi connectivity index (χ4n) is 1.81. The Morgan fingerprint density at radius 2 is 2.20 bits per heavy atom. The molecule has 1 aromatic carbocycles. The summed E-state index contributed by atoms with van der Waals surface area (Å²) >= 11 is 0. The molecule has 0 spiro atoms. The van der Waals surface area contributed by atoms with Gasteiger partial charge < -0.3 is 15.2 Å². The zero-order chi connectivity index (χ0) is 15.2. The largest absolute Gasteiger partial charge is 0.481 e. The van der Waals surface area contributed by atoms with Gasteiger partial charge in [-0.15, -0.1) is 0 Å². The van der Waals surface area contributed by atoms with Crippen molar-refractivity contribution in [2.24, 2.45) is 0 Å². The highest BCUT2D eigenvalue weighted by Gasteiger charge is 2.23. The van der Waals surface area contributed by atoms with Gasteiger partial charge in [-0.3, -0.25) is 4.79 Å². The predicted molar refractivity (Wildman–Crippen MR) is 75.2 cm³/mol. The lowest BCUT2D eigenvalue weighted by Crippen LogP contribution is -2.47. The maximum atomic E-state index is 13.5. The molecule has 0 aromatic heterocycles. The van der Waals surface area contributed by atoms with E-state index in [2.05, 4.69) is 5.32 Å². The first-order valence-electron chi connectivity index (χ1n) is 6.71. The smallest absolute Gasteiger partial charge is 0.258 e. The minimum atomic E-state index is -0.489. The van der Waals surface area contributed by atoms with E-state index in [0.29, 0.717) is 12.8 Å². The molecule has 0 aliphatic heterocycles. The Bertz CT molecular complexity index is 464. The van der Waals surface area contributed by atoms with Crippen molar-refractivity contribution in [2.75, 3.05) is 13.2 Å². The first kappa shape index (κ1) is 16.4. The van der Waals surface area contributed by atoms with Gasteiger partial charge in [0.2, 0.25) is 0 Å². The zero-order valence-electron chi connectivity index (χ0n) is 12.2. The summed E-state index contributed by atoms with van der Waals surface area (Å²) in [6, 6.07) is 4.50. The van der Waals surface area contributed by atoms with Gasteiger partial charge in [0.1, 0.15) is 0 Å². The quantitative estimate of drug-likeness (QED) is 0.806. The number of hydrogen-bond acceptors (Lipinski definition) is 3. The molecule has 4 nitrogen and oxygen atoms in total. The molecule has 1 aromatic rings. The van der Waals surface area contributed by atoms with E-state index in [1.165, 1.54) is 6.07 Å². The van der Waals surface area contributed by atoms with Gasteiger partial charge >= 0.3 is 0 Å². The van der Waals surface area contributed by atoms with Crippen LogP contribution >= 0.6 is 0 Å². The summed E-state index contributed by atoms with van der Waals surface area (Å²) in [5, 5.41) is 11.8. The van der Waals surface area contributed by atoms with Crippen molar-refractivity contribution in [3.8, 4) is 5.75 Å². The molecule has 5 heteroatoms. The van der Waals surface area contributed by atoms with Crippen LogP contribution in [0.5, 0.6) is 5.75 Å². The van der Waals surface area contributed by atoms with E-state index in [-0.39, 0.29) is 24.9 Å². The highest BCUT2D eigenvalue weighted by atomic mass is 19.1. The van der Waals surface area contributed by atoms with Crippen LogP contribution in [0.15, 0.2) is 18.2 Å². The molecule has 0 heterocycles. The Morgan fingerprint density at radius 1 is 1.50 bits per heavy atom. The molecular formula is C15H22FNO3. The van der Waals surface area contributed by atoms with E-state index in [1.807, 2.05) is 20.8 Å². The molecule has 0 fully saturated rings. The second kappa shape index (κ2) is 7.24. The average molecular weight is 283 g/mol. The molecule has 20 heavy (non-hydrogen) atoms. The van der Waals surface area contributed by atoms with Crippen molar-refractivity contribution < 1.29 is 19.0 Å². The number of ether oxygens (including phenoxy) is 1. The van der Waals surface area contributed by atoms with Crippen LogP contribution in [0.4, 0.5) is 4.39 Å². The van der Waals surface area contributed by atoms with E-state index in [0.717, 1.165) is 5.56 Å². The van der Waals surface area contributed by atoms with Gasteiger partial charge in [-0.05, 0) is 44.4 Å². The Morgan fingerprint density at radius 3 is 2.80 bits per heavy atom. The SMILES string of the molecule is CCC(C)(CCO)NC(=O)COc1cc(C)ccc1F. The monoisotopic (exact) mass is 283 g/mol. The number of halogens is 1. The molecule has 0 saturated carbocycles. The number of aryl methyl sites for hydroxylation is 1. The Labute approximate surface area is 119 Å². The molecule has 1 unspecified atom stereocenters. The van der Waals surface area contributed by atoms with Crippen molar-refractivity contribution in [1.29, 1.82) is 0 Å². The summed E-state index contributed by atoms with van der Waals surface area (Å²) < 4.78 is 18.7. The van der Waals surface area contributed by atoms with Gasteiger partial charge in [-0.25, -0.2) is 4.39 Å². The summed E-state index contributed by atoms with van der Waals surface area (Å²) in [6.45, 7) is 5.35. The van der Waals surface area contributed by atoms with Crippen LogP contribution < -0.4 is 10.1 Å². The van der Waals surface area contributed by atoms with Gasteiger partial charge in [-0.1, -0.05) is 13.0 Å². The van der Waals surface area contributed by atoms with Crippen molar-refractivity contribution in [3.63, 3.8) is 0 Å². The summed E-state index contributed by atoms with van der Waals surface area (Å²) in [5.74, 6) is -0.749. The highest BCUT2D eigenvalue weighted by Crippen LogP contribution is 2.18. The second-order valence-corrected chi connectivity index (χ2v) is 5.16. The van der Waals surface area contributed by atoms with Crippen LogP contribution in [-0.4, -0.2) is 29.8 Å². The van der Waals surface area contributed by atoms with E-state index < -0.39 is 11.4 Å². The van der Waals surface area contributed by atoms with Gasteiger partial charge in [0.25, 0.3) is 5.91 Å². The predicted octanol–water partition coefficient (Wildman–Crippen LogP) is 2.18. The summed E-state index contributed by atoms with van der Waals surface area (Å²) in [7, 11) is 0. The number of aliphatic hydroxyl groups excluding tert-OH is 1. The van der Waals surface area contributed by atoms with Gasteiger partial charge in [-0.2, -0.15) is 0 Å². The van der Waals surface area contributed by atoms with E-state index >= 15 is 0 Å². The van der Waals surface area contributed by atoms with Crippen molar-refractivity contribution in [2.45, 2.75) is 39.2 Å². The number of rotatable bonds is 7. The molecule has 0 aliphatic carbocycles. The lowest BCUT2D eigenvalue weighted by atomic mass is 9.95. The number of carbonyl (C=O) groups is 1.